The fourth-order valence-electron chi connectivity index (χ4n) is 2.22. The maximum atomic E-state index is 9.75. The predicted octanol–water partition coefficient (Wildman–Crippen LogP) is 2.96. The monoisotopic (exact) mass is 260 g/mol. The molecule has 1 saturated carbocycles. The van der Waals surface area contributed by atoms with Gasteiger partial charge in [-0.25, -0.2) is 0 Å². The molecule has 5 nitrogen and oxygen atoms in total. The van der Waals surface area contributed by atoms with E-state index in [1.807, 2.05) is 0 Å². The van der Waals surface area contributed by atoms with Crippen molar-refractivity contribution in [1.82, 2.24) is 10.1 Å². The van der Waals surface area contributed by atoms with Gasteiger partial charge in [-0.2, -0.15) is 4.98 Å². The Balaban J connectivity index is 1.89. The van der Waals surface area contributed by atoms with Crippen molar-refractivity contribution >= 4 is 0 Å². The van der Waals surface area contributed by atoms with Crippen LogP contribution < -0.4 is 4.74 Å². The molecule has 0 radical (unpaired) electrons. The highest BCUT2D eigenvalue weighted by molar-refractivity contribution is 5.59. The zero-order valence-corrected chi connectivity index (χ0v) is 11.2. The van der Waals surface area contributed by atoms with Gasteiger partial charge in [0, 0.05) is 11.5 Å². The smallest absolute Gasteiger partial charge is 0.258 e. The van der Waals surface area contributed by atoms with Gasteiger partial charge in [-0.1, -0.05) is 19.0 Å². The minimum Gasteiger partial charge on any atom is -0.504 e. The zero-order chi connectivity index (χ0) is 13.6. The van der Waals surface area contributed by atoms with Gasteiger partial charge < -0.3 is 14.4 Å². The fourth-order valence-corrected chi connectivity index (χ4v) is 2.22. The van der Waals surface area contributed by atoms with Crippen LogP contribution in [0.5, 0.6) is 11.5 Å². The number of aromatic nitrogens is 2. The molecule has 1 aromatic carbocycles. The van der Waals surface area contributed by atoms with Crippen molar-refractivity contribution in [3.63, 3.8) is 0 Å². The van der Waals surface area contributed by atoms with Gasteiger partial charge in [0.2, 0.25) is 0 Å². The van der Waals surface area contributed by atoms with Crippen molar-refractivity contribution in [2.45, 2.75) is 26.2 Å². The topological polar surface area (TPSA) is 68.4 Å². The molecule has 5 heteroatoms. The van der Waals surface area contributed by atoms with Gasteiger partial charge in [0.05, 0.1) is 7.11 Å². The number of aromatic hydroxyl groups is 1. The highest BCUT2D eigenvalue weighted by atomic mass is 16.5. The van der Waals surface area contributed by atoms with E-state index in [4.69, 9.17) is 9.26 Å². The Labute approximate surface area is 111 Å². The van der Waals surface area contributed by atoms with E-state index in [9.17, 15) is 5.11 Å². The molecule has 3 rings (SSSR count). The lowest BCUT2D eigenvalue weighted by atomic mass is 10.1. The quantitative estimate of drug-likeness (QED) is 0.918. The van der Waals surface area contributed by atoms with Gasteiger partial charge in [-0.15, -0.1) is 0 Å². The summed E-state index contributed by atoms with van der Waals surface area (Å²) in [6, 6.07) is 5.03. The van der Waals surface area contributed by atoms with E-state index in [-0.39, 0.29) is 11.2 Å². The number of hydrogen-bond donors (Lipinski definition) is 1. The summed E-state index contributed by atoms with van der Waals surface area (Å²) in [5.74, 6) is 2.03. The van der Waals surface area contributed by atoms with E-state index in [1.165, 1.54) is 7.11 Å². The summed E-state index contributed by atoms with van der Waals surface area (Å²) in [5.41, 5.74) is 0.957. The molecule has 0 saturated heterocycles. The van der Waals surface area contributed by atoms with Gasteiger partial charge in [-0.05, 0) is 30.0 Å². The summed E-state index contributed by atoms with van der Waals surface area (Å²) in [4.78, 5) is 4.41. The molecule has 0 aliphatic heterocycles. The van der Waals surface area contributed by atoms with Gasteiger partial charge in [-0.3, -0.25) is 0 Å². The van der Waals surface area contributed by atoms with E-state index >= 15 is 0 Å². The van der Waals surface area contributed by atoms with Crippen molar-refractivity contribution < 1.29 is 14.4 Å². The van der Waals surface area contributed by atoms with E-state index in [1.54, 1.807) is 18.2 Å². The van der Waals surface area contributed by atoms with Crippen LogP contribution in [0, 0.1) is 5.41 Å². The number of hydrogen-bond acceptors (Lipinski definition) is 5. The van der Waals surface area contributed by atoms with Gasteiger partial charge in [0.25, 0.3) is 5.89 Å². The average Bonchev–Trinajstić information content (AvgIpc) is 2.81. The molecule has 19 heavy (non-hydrogen) atoms. The number of methoxy groups -OCH3 is 1. The molecule has 1 unspecified atom stereocenters. The van der Waals surface area contributed by atoms with Crippen LogP contribution in [-0.4, -0.2) is 22.4 Å². The molecular weight excluding hydrogens is 244 g/mol. The summed E-state index contributed by atoms with van der Waals surface area (Å²) < 4.78 is 10.3. The lowest BCUT2D eigenvalue weighted by Crippen LogP contribution is -1.91. The number of phenolic OH excluding ortho intramolecular Hbond substituents is 1. The van der Waals surface area contributed by atoms with E-state index < -0.39 is 0 Å². The average molecular weight is 260 g/mol. The van der Waals surface area contributed by atoms with Crippen molar-refractivity contribution in [3.05, 3.63) is 24.0 Å². The van der Waals surface area contributed by atoms with Crippen LogP contribution in [0.15, 0.2) is 22.7 Å². The molecule has 0 amide bonds. The largest absolute Gasteiger partial charge is 0.504 e. The molecule has 1 aliphatic rings. The van der Waals surface area contributed by atoms with Crippen LogP contribution in [0.3, 0.4) is 0 Å². The molecule has 2 aromatic rings. The summed E-state index contributed by atoms with van der Waals surface area (Å²) in [6.07, 6.45) is 1.08. The summed E-state index contributed by atoms with van der Waals surface area (Å²) >= 11 is 0. The molecule has 1 aromatic heterocycles. The molecule has 100 valence electrons. The molecule has 1 atom stereocenters. The second-order valence-electron chi connectivity index (χ2n) is 5.59. The maximum absolute atomic E-state index is 9.75. The fraction of sp³-hybridized carbons (Fsp3) is 0.429. The predicted molar refractivity (Wildman–Crippen MR) is 69.1 cm³/mol. The Bertz CT molecular complexity index is 619. The normalized spacial score (nSPS) is 20.3. The Hall–Kier alpha value is -2.04. The highest BCUT2D eigenvalue weighted by Gasteiger charge is 2.49. The van der Waals surface area contributed by atoms with Crippen LogP contribution in [0.2, 0.25) is 0 Å². The Morgan fingerprint density at radius 2 is 2.16 bits per heavy atom. The molecule has 1 N–H and O–H groups in total. The Morgan fingerprint density at radius 3 is 2.74 bits per heavy atom. The third kappa shape index (κ3) is 2.05. The lowest BCUT2D eigenvalue weighted by molar-refractivity contribution is 0.373. The number of nitrogens with zero attached hydrogens (tertiary/aromatic N) is 2. The first kappa shape index (κ1) is 12.0. The van der Waals surface area contributed by atoms with Crippen LogP contribution in [-0.2, 0) is 0 Å². The Kier molecular flexibility index (Phi) is 2.52. The SMILES string of the molecule is COc1ccc(-c2nc(C3CC3(C)C)no2)cc1O. The second-order valence-corrected chi connectivity index (χ2v) is 5.59. The number of ether oxygens (including phenoxy) is 1. The summed E-state index contributed by atoms with van der Waals surface area (Å²) in [6.45, 7) is 4.37. The first-order valence-corrected chi connectivity index (χ1v) is 6.22. The first-order valence-electron chi connectivity index (χ1n) is 6.22. The third-order valence-electron chi connectivity index (χ3n) is 3.69. The van der Waals surface area contributed by atoms with Crippen molar-refractivity contribution in [1.29, 1.82) is 0 Å². The van der Waals surface area contributed by atoms with Crippen LogP contribution in [0.1, 0.15) is 32.0 Å². The molecular formula is C14H16N2O3. The first-order chi connectivity index (χ1) is 9.01. The van der Waals surface area contributed by atoms with Gasteiger partial charge >= 0.3 is 0 Å². The van der Waals surface area contributed by atoms with Crippen LogP contribution in [0.4, 0.5) is 0 Å². The number of benzene rings is 1. The second kappa shape index (κ2) is 3.98. The minimum absolute atomic E-state index is 0.0616. The standard InChI is InChI=1S/C14H16N2O3/c1-14(2)7-9(14)12-15-13(19-16-12)8-4-5-11(18-3)10(17)6-8/h4-6,9,17H,7H2,1-3H3. The van der Waals surface area contributed by atoms with Gasteiger partial charge in [0.15, 0.2) is 17.3 Å². The summed E-state index contributed by atoms with van der Waals surface area (Å²) in [7, 11) is 1.51. The molecule has 1 fully saturated rings. The van der Waals surface area contributed by atoms with Crippen LogP contribution >= 0.6 is 0 Å². The van der Waals surface area contributed by atoms with Crippen LogP contribution in [0.25, 0.3) is 11.5 Å². The van der Waals surface area contributed by atoms with E-state index in [0.29, 0.717) is 23.1 Å². The molecule has 0 bridgehead atoms. The van der Waals surface area contributed by atoms with Crippen molar-refractivity contribution in [3.8, 4) is 23.0 Å². The molecule has 1 heterocycles. The zero-order valence-electron chi connectivity index (χ0n) is 11.2. The van der Waals surface area contributed by atoms with Crippen molar-refractivity contribution in [2.24, 2.45) is 5.41 Å². The number of phenols is 1. The highest BCUT2D eigenvalue weighted by Crippen LogP contribution is 2.57. The maximum Gasteiger partial charge on any atom is 0.258 e. The van der Waals surface area contributed by atoms with Crippen molar-refractivity contribution in [2.75, 3.05) is 7.11 Å². The molecule has 1 aliphatic carbocycles. The third-order valence-corrected chi connectivity index (χ3v) is 3.69. The van der Waals surface area contributed by atoms with Gasteiger partial charge in [0.1, 0.15) is 0 Å². The molecule has 0 spiro atoms. The Morgan fingerprint density at radius 1 is 1.42 bits per heavy atom. The lowest BCUT2D eigenvalue weighted by Gasteiger charge is -2.03. The van der Waals surface area contributed by atoms with E-state index in [0.717, 1.165) is 12.2 Å². The minimum atomic E-state index is 0.0616. The van der Waals surface area contributed by atoms with E-state index in [2.05, 4.69) is 24.0 Å². The summed E-state index contributed by atoms with van der Waals surface area (Å²) in [5, 5.41) is 13.8. The number of rotatable bonds is 3.